The number of aromatic hydroxyl groups is 1. The third-order valence-corrected chi connectivity index (χ3v) is 3.57. The van der Waals surface area contributed by atoms with Crippen molar-refractivity contribution in [3.63, 3.8) is 0 Å². The van der Waals surface area contributed by atoms with Crippen LogP contribution in [0.5, 0.6) is 5.75 Å². The predicted octanol–water partition coefficient (Wildman–Crippen LogP) is 5.11. The van der Waals surface area contributed by atoms with Gasteiger partial charge in [0.05, 0.1) is 0 Å². The van der Waals surface area contributed by atoms with E-state index in [-0.39, 0.29) is 5.75 Å². The average molecular weight is 305 g/mol. The fourth-order valence-electron chi connectivity index (χ4n) is 2.46. The van der Waals surface area contributed by atoms with Crippen LogP contribution in [-0.4, -0.2) is 5.11 Å². The summed E-state index contributed by atoms with van der Waals surface area (Å²) in [4.78, 5) is 0. The van der Waals surface area contributed by atoms with Gasteiger partial charge >= 0.3 is 0 Å². The predicted molar refractivity (Wildman–Crippen MR) is 93.9 cm³/mol. The van der Waals surface area contributed by atoms with Crippen molar-refractivity contribution in [2.45, 2.75) is 0 Å². The molecule has 4 aromatic carbocycles. The number of benzene rings is 4. The number of nitrogen functional groups attached to an aromatic ring is 1. The SMILES string of the molecule is Nc1cc(F)c2cc(O)ccc2c1.c1ccc2ccccc2c1. The molecule has 0 aliphatic heterocycles. The van der Waals surface area contributed by atoms with Crippen molar-refractivity contribution in [3.05, 3.63) is 84.7 Å². The Bertz CT molecular complexity index is 900. The Morgan fingerprint density at radius 1 is 0.696 bits per heavy atom. The second-order valence-corrected chi connectivity index (χ2v) is 5.26. The summed E-state index contributed by atoms with van der Waals surface area (Å²) in [5.74, 6) is -0.359. The lowest BCUT2D eigenvalue weighted by Gasteiger charge is -2.01. The molecule has 4 rings (SSSR count). The molecule has 0 radical (unpaired) electrons. The van der Waals surface area contributed by atoms with Crippen molar-refractivity contribution >= 4 is 27.2 Å². The lowest BCUT2D eigenvalue weighted by atomic mass is 10.1. The Balaban J connectivity index is 0.000000140. The molecule has 4 aromatic rings. The maximum absolute atomic E-state index is 13.2. The molecule has 3 N–H and O–H groups in total. The summed E-state index contributed by atoms with van der Waals surface area (Å²) in [5, 5.41) is 12.8. The normalized spacial score (nSPS) is 10.3. The summed E-state index contributed by atoms with van der Waals surface area (Å²) in [7, 11) is 0. The molecule has 2 nitrogen and oxygen atoms in total. The first kappa shape index (κ1) is 14.9. The number of phenolic OH excluding ortho intramolecular Hbond substituents is 1. The van der Waals surface area contributed by atoms with Gasteiger partial charge in [0, 0.05) is 11.1 Å². The largest absolute Gasteiger partial charge is 0.508 e. The highest BCUT2D eigenvalue weighted by molar-refractivity contribution is 5.87. The number of rotatable bonds is 0. The van der Waals surface area contributed by atoms with Gasteiger partial charge < -0.3 is 10.8 Å². The van der Waals surface area contributed by atoms with E-state index in [1.165, 1.54) is 29.0 Å². The third-order valence-electron chi connectivity index (χ3n) is 3.57. The molecule has 0 aliphatic carbocycles. The van der Waals surface area contributed by atoms with Crippen LogP contribution in [0.2, 0.25) is 0 Å². The van der Waals surface area contributed by atoms with Crippen molar-refractivity contribution in [1.29, 1.82) is 0 Å². The van der Waals surface area contributed by atoms with Crippen LogP contribution in [0.4, 0.5) is 10.1 Å². The highest BCUT2D eigenvalue weighted by Gasteiger charge is 2.02. The summed E-state index contributed by atoms with van der Waals surface area (Å²) in [5.41, 5.74) is 5.85. The standard InChI is InChI=1S/C10H8FNO.C10H8/c11-10-4-7(12)3-6-1-2-8(13)5-9(6)10;1-2-6-10-8-4-3-7-9(10)5-1/h1-5,13H,12H2;1-8H. The van der Waals surface area contributed by atoms with Gasteiger partial charge in [-0.15, -0.1) is 0 Å². The third kappa shape index (κ3) is 3.40. The van der Waals surface area contributed by atoms with Gasteiger partial charge in [0.2, 0.25) is 0 Å². The molecule has 0 amide bonds. The number of phenols is 1. The second-order valence-electron chi connectivity index (χ2n) is 5.26. The molecule has 0 bridgehead atoms. The van der Waals surface area contributed by atoms with Crippen LogP contribution in [0.25, 0.3) is 21.5 Å². The average Bonchev–Trinajstić information content (AvgIpc) is 2.56. The monoisotopic (exact) mass is 305 g/mol. The van der Waals surface area contributed by atoms with E-state index >= 15 is 0 Å². The van der Waals surface area contributed by atoms with E-state index in [1.54, 1.807) is 12.1 Å². The first-order valence-electron chi connectivity index (χ1n) is 7.25. The van der Waals surface area contributed by atoms with Crippen LogP contribution in [0, 0.1) is 5.82 Å². The van der Waals surface area contributed by atoms with Gasteiger partial charge in [-0.05, 0) is 40.4 Å². The Labute approximate surface area is 133 Å². The molecule has 0 unspecified atom stereocenters. The van der Waals surface area contributed by atoms with E-state index in [2.05, 4.69) is 48.5 Å². The quantitative estimate of drug-likeness (QED) is 0.444. The van der Waals surface area contributed by atoms with Crippen molar-refractivity contribution < 1.29 is 9.50 Å². The fraction of sp³-hybridized carbons (Fsp3) is 0. The molecule has 3 heteroatoms. The van der Waals surface area contributed by atoms with Crippen molar-refractivity contribution in [1.82, 2.24) is 0 Å². The molecule has 0 aliphatic rings. The minimum absolute atomic E-state index is 0.0520. The van der Waals surface area contributed by atoms with Crippen LogP contribution < -0.4 is 5.73 Å². The summed E-state index contributed by atoms with van der Waals surface area (Å²) >= 11 is 0. The van der Waals surface area contributed by atoms with Crippen LogP contribution in [-0.2, 0) is 0 Å². The van der Waals surface area contributed by atoms with Gasteiger partial charge in [0.1, 0.15) is 11.6 Å². The first-order chi connectivity index (χ1) is 11.1. The summed E-state index contributed by atoms with van der Waals surface area (Å²) in [6.07, 6.45) is 0. The number of nitrogens with two attached hydrogens (primary N) is 1. The lowest BCUT2D eigenvalue weighted by molar-refractivity contribution is 0.476. The van der Waals surface area contributed by atoms with Crippen molar-refractivity contribution in [2.24, 2.45) is 0 Å². The molecule has 114 valence electrons. The van der Waals surface area contributed by atoms with Gasteiger partial charge in [-0.1, -0.05) is 54.6 Å². The molecule has 0 atom stereocenters. The smallest absolute Gasteiger partial charge is 0.133 e. The first-order valence-corrected chi connectivity index (χ1v) is 7.25. The van der Waals surface area contributed by atoms with Crippen LogP contribution >= 0.6 is 0 Å². The highest BCUT2D eigenvalue weighted by atomic mass is 19.1. The van der Waals surface area contributed by atoms with E-state index in [4.69, 9.17) is 10.8 Å². The topological polar surface area (TPSA) is 46.2 Å². The van der Waals surface area contributed by atoms with Gasteiger partial charge in [-0.25, -0.2) is 4.39 Å². The van der Waals surface area contributed by atoms with E-state index < -0.39 is 5.82 Å². The Hall–Kier alpha value is -3.07. The zero-order chi connectivity index (χ0) is 16.2. The minimum Gasteiger partial charge on any atom is -0.508 e. The highest BCUT2D eigenvalue weighted by Crippen LogP contribution is 2.24. The Morgan fingerprint density at radius 3 is 1.83 bits per heavy atom. The van der Waals surface area contributed by atoms with Gasteiger partial charge in [0.25, 0.3) is 0 Å². The molecule has 23 heavy (non-hydrogen) atoms. The zero-order valence-corrected chi connectivity index (χ0v) is 12.4. The van der Waals surface area contributed by atoms with Crippen molar-refractivity contribution in [3.8, 4) is 5.75 Å². The van der Waals surface area contributed by atoms with Gasteiger partial charge in [-0.2, -0.15) is 0 Å². The molecule has 0 spiro atoms. The van der Waals surface area contributed by atoms with E-state index in [0.29, 0.717) is 16.5 Å². The lowest BCUT2D eigenvalue weighted by Crippen LogP contribution is -1.87. The second kappa shape index (κ2) is 6.36. The summed E-state index contributed by atoms with van der Waals surface area (Å²) in [6.45, 7) is 0. The fourth-order valence-corrected chi connectivity index (χ4v) is 2.46. The molecule has 0 heterocycles. The number of anilines is 1. The molecule has 0 fully saturated rings. The number of hydrogen-bond donors (Lipinski definition) is 2. The van der Waals surface area contributed by atoms with E-state index in [0.717, 1.165) is 0 Å². The van der Waals surface area contributed by atoms with Crippen LogP contribution in [0.1, 0.15) is 0 Å². The van der Waals surface area contributed by atoms with Crippen LogP contribution in [0.15, 0.2) is 78.9 Å². The van der Waals surface area contributed by atoms with Crippen LogP contribution in [0.3, 0.4) is 0 Å². The Morgan fingerprint density at radius 2 is 1.26 bits per heavy atom. The van der Waals surface area contributed by atoms with Crippen molar-refractivity contribution in [2.75, 3.05) is 5.73 Å². The molecule has 0 saturated heterocycles. The molecule has 0 aromatic heterocycles. The minimum atomic E-state index is -0.411. The number of fused-ring (bicyclic) bond motifs is 2. The Kier molecular flexibility index (Phi) is 4.11. The maximum Gasteiger partial charge on any atom is 0.133 e. The van der Waals surface area contributed by atoms with Gasteiger partial charge in [-0.3, -0.25) is 0 Å². The molecular formula is C20H16FNO. The van der Waals surface area contributed by atoms with E-state index in [1.807, 2.05) is 0 Å². The molecular weight excluding hydrogens is 289 g/mol. The summed E-state index contributed by atoms with van der Waals surface area (Å²) < 4.78 is 13.2. The molecule has 0 saturated carbocycles. The maximum atomic E-state index is 13.2. The zero-order valence-electron chi connectivity index (χ0n) is 12.4. The van der Waals surface area contributed by atoms with Gasteiger partial charge in [0.15, 0.2) is 0 Å². The number of hydrogen-bond acceptors (Lipinski definition) is 2. The summed E-state index contributed by atoms with van der Waals surface area (Å²) in [6, 6.07) is 24.1. The van der Waals surface area contributed by atoms with E-state index in [9.17, 15) is 4.39 Å². The number of halogens is 1.